The molecule has 0 saturated carbocycles. The largest absolute Gasteiger partial charge is 0 e. The van der Waals surface area contributed by atoms with Crippen LogP contribution in [0.3, 0.4) is 0 Å². The molecule has 0 nitrogen and oxygen atoms in total. The zero-order chi connectivity index (χ0) is 13.5. The molecule has 0 atom stereocenters. The number of hydrogen-bond acceptors (Lipinski definition) is 0. The molecule has 100 valence electrons. The molecular formula is C10H30As5Ta. The Kier molecular flexibility index (Phi) is 179. The van der Waals surface area contributed by atoms with E-state index in [0.29, 0.717) is 78.8 Å². The van der Waals surface area contributed by atoms with Crippen LogP contribution in [0.2, 0.25) is 57.1 Å². The molecule has 6 radical (unpaired) electrons. The molecule has 16 heavy (non-hydrogen) atoms. The topological polar surface area (TPSA) is 0 Å². The fourth-order valence-electron chi connectivity index (χ4n) is 0. The first-order valence-electron chi connectivity index (χ1n) is 4.47. The first-order valence-corrected chi connectivity index (χ1v) is 23.2. The van der Waals surface area contributed by atoms with E-state index in [1.807, 2.05) is 0 Å². The smallest absolute Gasteiger partial charge is 0 e. The van der Waals surface area contributed by atoms with Gasteiger partial charge in [-0.05, 0) is 0 Å². The Bertz CT molecular complexity index is 30.8. The standard InChI is InChI=1S/5C2H6As.Ta/c5*1-3-2;/h5*1-2H3;. The van der Waals surface area contributed by atoms with Crippen LogP contribution in [0, 0.1) is 0 Å². The van der Waals surface area contributed by atoms with Crippen LogP contribution in [0.5, 0.6) is 0 Å². The van der Waals surface area contributed by atoms with Crippen LogP contribution in [0.15, 0.2) is 0 Å². The van der Waals surface area contributed by atoms with Gasteiger partial charge in [-0.2, -0.15) is 0 Å². The van der Waals surface area contributed by atoms with Gasteiger partial charge >= 0.3 is 136 Å². The Balaban J connectivity index is -0.0000000192. The van der Waals surface area contributed by atoms with Crippen molar-refractivity contribution in [2.45, 2.75) is 57.1 Å². The van der Waals surface area contributed by atoms with Crippen molar-refractivity contribution in [1.82, 2.24) is 0 Å². The summed E-state index contributed by atoms with van der Waals surface area (Å²) in [6.07, 6.45) is 0. The molecule has 0 aromatic heterocycles. The minimum Gasteiger partial charge on any atom is 0 e. The van der Waals surface area contributed by atoms with Crippen molar-refractivity contribution in [3.63, 3.8) is 0 Å². The van der Waals surface area contributed by atoms with Gasteiger partial charge in [-0.3, -0.25) is 0 Å². The third-order valence-corrected chi connectivity index (χ3v) is 0. The minimum atomic E-state index is 0. The summed E-state index contributed by atoms with van der Waals surface area (Å²) in [5, 5.41) is 0. The predicted molar refractivity (Wildman–Crippen MR) is 87.4 cm³/mol. The van der Waals surface area contributed by atoms with E-state index in [-0.39, 0.29) is 22.4 Å². The molecule has 0 bridgehead atoms. The summed E-state index contributed by atoms with van der Waals surface area (Å²) in [4.78, 5) is 0. The Morgan fingerprint density at radius 1 is 0.312 bits per heavy atom. The quantitative estimate of drug-likeness (QED) is 0.336. The van der Waals surface area contributed by atoms with Gasteiger partial charge in [-0.15, -0.1) is 0 Å². The molecule has 0 saturated heterocycles. The Morgan fingerprint density at radius 2 is 0.312 bits per heavy atom. The monoisotopic (exact) mass is 706 g/mol. The van der Waals surface area contributed by atoms with Gasteiger partial charge in [0.15, 0.2) is 0 Å². The maximum absolute atomic E-state index is 2.22. The Hall–Kier alpha value is 3.53. The van der Waals surface area contributed by atoms with E-state index in [4.69, 9.17) is 0 Å². The zero-order valence-corrected chi connectivity index (χ0v) is 25.3. The van der Waals surface area contributed by atoms with E-state index >= 15 is 0 Å². The van der Waals surface area contributed by atoms with Gasteiger partial charge in [0.1, 0.15) is 0 Å². The number of hydrogen-bond donors (Lipinski definition) is 0. The Morgan fingerprint density at radius 3 is 0.312 bits per heavy atom. The third kappa shape index (κ3) is 384. The normalized spacial score (nSPS) is 5.62. The van der Waals surface area contributed by atoms with Crippen molar-refractivity contribution < 1.29 is 22.4 Å². The van der Waals surface area contributed by atoms with Crippen LogP contribution in [0.4, 0.5) is 0 Å². The van der Waals surface area contributed by atoms with Gasteiger partial charge in [0.25, 0.3) is 0 Å². The molecule has 0 N–H and O–H groups in total. The van der Waals surface area contributed by atoms with Crippen molar-refractivity contribution >= 4 is 78.8 Å². The molecule has 0 aromatic carbocycles. The van der Waals surface area contributed by atoms with E-state index in [0.717, 1.165) is 0 Å². The average Bonchev–Trinajstić information content (AvgIpc) is 2.09. The molecule has 0 spiro atoms. The van der Waals surface area contributed by atoms with Crippen LogP contribution in [0.25, 0.3) is 0 Å². The molecule has 0 rings (SSSR count). The molecule has 0 unspecified atom stereocenters. The zero-order valence-electron chi connectivity index (χ0n) is 12.7. The maximum Gasteiger partial charge on any atom is 0 e. The van der Waals surface area contributed by atoms with E-state index in [1.54, 1.807) is 0 Å². The number of rotatable bonds is 0. The summed E-state index contributed by atoms with van der Waals surface area (Å²) in [5.41, 5.74) is 22.2. The summed E-state index contributed by atoms with van der Waals surface area (Å²) in [7, 11) is 0. The summed E-state index contributed by atoms with van der Waals surface area (Å²) in [5.74, 6) is 0. The summed E-state index contributed by atoms with van der Waals surface area (Å²) in [6.45, 7) is 0. The van der Waals surface area contributed by atoms with Crippen LogP contribution in [0.1, 0.15) is 0 Å². The molecule has 0 amide bonds. The van der Waals surface area contributed by atoms with Crippen molar-refractivity contribution in [2.75, 3.05) is 0 Å². The third-order valence-electron chi connectivity index (χ3n) is 0. The van der Waals surface area contributed by atoms with Crippen LogP contribution in [-0.4, -0.2) is 78.8 Å². The van der Waals surface area contributed by atoms with Crippen molar-refractivity contribution in [1.29, 1.82) is 0 Å². The van der Waals surface area contributed by atoms with E-state index in [2.05, 4.69) is 57.1 Å². The molecule has 0 aliphatic heterocycles. The second-order valence-corrected chi connectivity index (χ2v) is 11.6. The fraction of sp³-hybridized carbons (Fsp3) is 1.00. The van der Waals surface area contributed by atoms with Gasteiger partial charge in [-0.1, -0.05) is 0 Å². The SMILES string of the molecule is C[As]C.C[As]C.C[As]C.C[As]C.C[As]C.[Ta]. The molecule has 0 aliphatic carbocycles. The molecular weight excluding hydrogens is 676 g/mol. The van der Waals surface area contributed by atoms with Crippen LogP contribution < -0.4 is 0 Å². The van der Waals surface area contributed by atoms with Crippen LogP contribution >= 0.6 is 0 Å². The van der Waals surface area contributed by atoms with E-state index < -0.39 is 0 Å². The van der Waals surface area contributed by atoms with Crippen LogP contribution in [-0.2, 0) is 22.4 Å². The minimum absolute atomic E-state index is 0. The van der Waals surface area contributed by atoms with E-state index in [1.165, 1.54) is 0 Å². The van der Waals surface area contributed by atoms with Crippen molar-refractivity contribution in [2.24, 2.45) is 0 Å². The summed E-state index contributed by atoms with van der Waals surface area (Å²) in [6, 6.07) is 0. The average molecular weight is 706 g/mol. The summed E-state index contributed by atoms with van der Waals surface area (Å²) >= 11 is 3.44. The maximum atomic E-state index is 2.22. The Labute approximate surface area is 156 Å². The first-order chi connectivity index (χ1) is 7.07. The molecule has 0 aliphatic rings. The molecule has 0 fully saturated rings. The predicted octanol–water partition coefficient (Wildman–Crippen LogP) is 3.93. The molecule has 0 heterocycles. The van der Waals surface area contributed by atoms with Crippen molar-refractivity contribution in [3.8, 4) is 0 Å². The summed E-state index contributed by atoms with van der Waals surface area (Å²) < 4.78 is 0. The second kappa shape index (κ2) is 78.2. The van der Waals surface area contributed by atoms with Gasteiger partial charge in [0, 0.05) is 22.4 Å². The molecule has 0 aromatic rings. The fourth-order valence-corrected chi connectivity index (χ4v) is 0. The second-order valence-electron chi connectivity index (χ2n) is 2.24. The van der Waals surface area contributed by atoms with Gasteiger partial charge in [-0.25, -0.2) is 0 Å². The van der Waals surface area contributed by atoms with Crippen molar-refractivity contribution in [3.05, 3.63) is 0 Å². The molecule has 6 heteroatoms. The first kappa shape index (κ1) is 36.6. The van der Waals surface area contributed by atoms with E-state index in [9.17, 15) is 0 Å². The van der Waals surface area contributed by atoms with Gasteiger partial charge in [0.05, 0.1) is 0 Å². The van der Waals surface area contributed by atoms with Gasteiger partial charge in [0.2, 0.25) is 0 Å². The van der Waals surface area contributed by atoms with Gasteiger partial charge < -0.3 is 0 Å².